The highest BCUT2D eigenvalue weighted by Crippen LogP contribution is 2.44. The van der Waals surface area contributed by atoms with Crippen LogP contribution >= 0.6 is 12.2 Å². The Labute approximate surface area is 175 Å². The van der Waals surface area contributed by atoms with Crippen molar-refractivity contribution in [1.82, 2.24) is 14.9 Å². The van der Waals surface area contributed by atoms with Gasteiger partial charge in [-0.15, -0.1) is 0 Å². The van der Waals surface area contributed by atoms with Crippen molar-refractivity contribution < 1.29 is 9.47 Å². The third-order valence-electron chi connectivity index (χ3n) is 5.40. The van der Waals surface area contributed by atoms with Crippen LogP contribution in [0.25, 0.3) is 0 Å². The van der Waals surface area contributed by atoms with Crippen LogP contribution < -0.4 is 19.7 Å². The second kappa shape index (κ2) is 7.08. The summed E-state index contributed by atoms with van der Waals surface area (Å²) < 4.78 is 13.4. The van der Waals surface area contributed by atoms with Crippen LogP contribution in [-0.4, -0.2) is 21.5 Å². The van der Waals surface area contributed by atoms with Gasteiger partial charge in [0, 0.05) is 35.9 Å². The molecule has 3 aromatic rings. The van der Waals surface area contributed by atoms with Gasteiger partial charge in [0.1, 0.15) is 6.04 Å². The number of benzene rings is 1. The molecule has 2 aromatic heterocycles. The Bertz CT molecular complexity index is 1050. The van der Waals surface area contributed by atoms with Crippen LogP contribution in [0.4, 0.5) is 5.69 Å². The van der Waals surface area contributed by atoms with E-state index in [0.717, 1.165) is 22.9 Å². The van der Waals surface area contributed by atoms with Crippen LogP contribution in [0.2, 0.25) is 0 Å². The Balaban J connectivity index is 1.64. The van der Waals surface area contributed by atoms with Crippen molar-refractivity contribution in [2.45, 2.75) is 32.0 Å². The minimum absolute atomic E-state index is 0.0461. The molecular formula is C22H22N4O2S. The molecule has 0 aliphatic carbocycles. The predicted molar refractivity (Wildman–Crippen MR) is 115 cm³/mol. The first-order chi connectivity index (χ1) is 14.1. The molecule has 0 radical (unpaired) electrons. The van der Waals surface area contributed by atoms with Crippen molar-refractivity contribution in [3.05, 3.63) is 72.3 Å². The third-order valence-corrected chi connectivity index (χ3v) is 5.72. The monoisotopic (exact) mass is 406 g/mol. The Kier molecular flexibility index (Phi) is 4.39. The molecule has 4 heterocycles. The van der Waals surface area contributed by atoms with Crippen molar-refractivity contribution in [1.29, 1.82) is 0 Å². The molecule has 29 heavy (non-hydrogen) atoms. The van der Waals surface area contributed by atoms with Crippen LogP contribution in [0.5, 0.6) is 11.5 Å². The number of nitrogens with zero attached hydrogens (tertiary/aromatic N) is 3. The van der Waals surface area contributed by atoms with Crippen LogP contribution in [0.1, 0.15) is 43.4 Å². The lowest BCUT2D eigenvalue weighted by molar-refractivity contribution is 0.174. The van der Waals surface area contributed by atoms with Gasteiger partial charge < -0.3 is 24.3 Å². The first-order valence-corrected chi connectivity index (χ1v) is 10.1. The van der Waals surface area contributed by atoms with Crippen LogP contribution in [-0.2, 0) is 0 Å². The molecule has 0 bridgehead atoms. The van der Waals surface area contributed by atoms with Gasteiger partial charge in [-0.05, 0) is 62.5 Å². The highest BCUT2D eigenvalue weighted by molar-refractivity contribution is 7.80. The summed E-state index contributed by atoms with van der Waals surface area (Å²) in [4.78, 5) is 6.77. The summed E-state index contributed by atoms with van der Waals surface area (Å²) in [5.74, 6) is 1.50. The third kappa shape index (κ3) is 3.02. The topological polar surface area (TPSA) is 51.6 Å². The summed E-state index contributed by atoms with van der Waals surface area (Å²) in [6.07, 6.45) is 3.94. The lowest BCUT2D eigenvalue weighted by atomic mass is 10.0. The van der Waals surface area contributed by atoms with E-state index in [9.17, 15) is 0 Å². The number of ether oxygens (including phenoxy) is 2. The fourth-order valence-corrected chi connectivity index (χ4v) is 4.44. The smallest absolute Gasteiger partial charge is 0.231 e. The molecule has 1 N–H and O–H groups in total. The zero-order valence-electron chi connectivity index (χ0n) is 16.3. The van der Waals surface area contributed by atoms with E-state index in [4.69, 9.17) is 21.7 Å². The van der Waals surface area contributed by atoms with Crippen molar-refractivity contribution in [3.63, 3.8) is 0 Å². The molecule has 2 aliphatic heterocycles. The molecule has 2 aliphatic rings. The van der Waals surface area contributed by atoms with Gasteiger partial charge in [0.2, 0.25) is 6.79 Å². The Morgan fingerprint density at radius 3 is 2.76 bits per heavy atom. The van der Waals surface area contributed by atoms with Crippen LogP contribution in [0, 0.1) is 0 Å². The maximum atomic E-state index is 5.79. The van der Waals surface area contributed by atoms with Gasteiger partial charge in [-0.25, -0.2) is 0 Å². The number of fused-ring (bicyclic) bond motifs is 1. The van der Waals surface area contributed by atoms with E-state index in [2.05, 4.69) is 51.9 Å². The highest BCUT2D eigenvalue weighted by Gasteiger charge is 2.42. The molecule has 2 unspecified atom stereocenters. The number of rotatable bonds is 4. The van der Waals surface area contributed by atoms with E-state index >= 15 is 0 Å². The molecule has 148 valence electrons. The SMILES string of the molecule is CC(C)n1cccc1C1C(c2ccccn2)NC(=S)N1c1ccc2c(c1)OCO2. The number of anilines is 1. The summed E-state index contributed by atoms with van der Waals surface area (Å²) >= 11 is 5.79. The Hall–Kier alpha value is -3.06. The first kappa shape index (κ1) is 18.0. The van der Waals surface area contributed by atoms with Crippen molar-refractivity contribution in [3.8, 4) is 11.5 Å². The summed E-state index contributed by atoms with van der Waals surface area (Å²) in [6.45, 7) is 4.62. The second-order valence-electron chi connectivity index (χ2n) is 7.47. The van der Waals surface area contributed by atoms with E-state index < -0.39 is 0 Å². The molecule has 5 rings (SSSR count). The van der Waals surface area contributed by atoms with E-state index in [0.29, 0.717) is 11.2 Å². The lowest BCUT2D eigenvalue weighted by Gasteiger charge is -2.30. The van der Waals surface area contributed by atoms with Crippen LogP contribution in [0.15, 0.2) is 60.9 Å². The minimum atomic E-state index is -0.0680. The average molecular weight is 407 g/mol. The zero-order chi connectivity index (χ0) is 20.0. The Morgan fingerprint density at radius 1 is 1.10 bits per heavy atom. The van der Waals surface area contributed by atoms with E-state index in [1.54, 1.807) is 0 Å². The van der Waals surface area contributed by atoms with Gasteiger partial charge >= 0.3 is 0 Å². The number of hydrogen-bond donors (Lipinski definition) is 1. The van der Waals surface area contributed by atoms with Crippen molar-refractivity contribution in [2.75, 3.05) is 11.7 Å². The summed E-state index contributed by atoms with van der Waals surface area (Å²) in [7, 11) is 0. The van der Waals surface area contributed by atoms with Gasteiger partial charge in [-0.1, -0.05) is 6.07 Å². The molecule has 7 heteroatoms. The second-order valence-corrected chi connectivity index (χ2v) is 7.85. The standard InChI is InChI=1S/C22H22N4O2S/c1-14(2)25-11-5-7-17(25)21-20(16-6-3-4-10-23-16)24-22(29)26(21)15-8-9-18-19(12-15)28-13-27-18/h3-12,14,20-21H,13H2,1-2H3,(H,24,29). The first-order valence-electron chi connectivity index (χ1n) is 9.70. The fraction of sp³-hybridized carbons (Fsp3) is 0.273. The molecule has 6 nitrogen and oxygen atoms in total. The molecule has 1 saturated heterocycles. The Morgan fingerprint density at radius 2 is 1.97 bits per heavy atom. The summed E-state index contributed by atoms with van der Waals surface area (Å²) in [5.41, 5.74) is 3.10. The van der Waals surface area contributed by atoms with Gasteiger partial charge in [0.15, 0.2) is 16.6 Å². The molecule has 1 aromatic carbocycles. The van der Waals surface area contributed by atoms with E-state index in [1.165, 1.54) is 5.69 Å². The maximum absolute atomic E-state index is 5.79. The lowest BCUT2D eigenvalue weighted by Crippen LogP contribution is -2.30. The number of nitrogens with one attached hydrogen (secondary N) is 1. The number of aromatic nitrogens is 2. The summed E-state index contributed by atoms with van der Waals surface area (Å²) in [6, 6.07) is 16.4. The molecular weight excluding hydrogens is 384 g/mol. The molecule has 2 atom stereocenters. The fourth-order valence-electron chi connectivity index (χ4n) is 4.10. The number of pyridine rings is 1. The predicted octanol–water partition coefficient (Wildman–Crippen LogP) is 4.37. The largest absolute Gasteiger partial charge is 0.454 e. The average Bonchev–Trinajstić information content (AvgIpc) is 3.45. The zero-order valence-corrected chi connectivity index (χ0v) is 17.1. The van der Waals surface area contributed by atoms with Crippen LogP contribution in [0.3, 0.4) is 0 Å². The normalized spacial score (nSPS) is 20.4. The van der Waals surface area contributed by atoms with Gasteiger partial charge in [-0.2, -0.15) is 0 Å². The molecule has 0 spiro atoms. The molecule has 0 saturated carbocycles. The van der Waals surface area contributed by atoms with Gasteiger partial charge in [-0.3, -0.25) is 4.98 Å². The van der Waals surface area contributed by atoms with Gasteiger partial charge in [0.05, 0.1) is 11.7 Å². The molecule has 1 fully saturated rings. The number of thiocarbonyl (C=S) groups is 1. The van der Waals surface area contributed by atoms with Crippen molar-refractivity contribution >= 4 is 23.0 Å². The maximum Gasteiger partial charge on any atom is 0.231 e. The van der Waals surface area contributed by atoms with E-state index in [1.807, 2.05) is 42.6 Å². The molecule has 0 amide bonds. The quantitative estimate of drug-likeness (QED) is 0.650. The minimum Gasteiger partial charge on any atom is -0.454 e. The number of hydrogen-bond acceptors (Lipinski definition) is 4. The summed E-state index contributed by atoms with van der Waals surface area (Å²) in [5, 5.41) is 4.17. The van der Waals surface area contributed by atoms with E-state index in [-0.39, 0.29) is 18.9 Å². The van der Waals surface area contributed by atoms with Crippen molar-refractivity contribution in [2.24, 2.45) is 0 Å². The highest BCUT2D eigenvalue weighted by atomic mass is 32.1. The van der Waals surface area contributed by atoms with Gasteiger partial charge in [0.25, 0.3) is 0 Å².